The maximum Gasteiger partial charge on any atom is 0.218 e. The summed E-state index contributed by atoms with van der Waals surface area (Å²) in [6, 6.07) is 1.84. The number of hydrogen-bond acceptors (Lipinski definition) is 5. The second kappa shape index (κ2) is 7.06. The summed E-state index contributed by atoms with van der Waals surface area (Å²) in [5.41, 5.74) is 0. The van der Waals surface area contributed by atoms with E-state index in [0.717, 1.165) is 31.2 Å². The number of anilines is 1. The number of hydrogen-bond donors (Lipinski definition) is 1. The lowest BCUT2D eigenvalue weighted by atomic mass is 10.4. The molecule has 0 saturated heterocycles. The van der Waals surface area contributed by atoms with Crippen molar-refractivity contribution in [2.45, 2.75) is 20.3 Å². The van der Waals surface area contributed by atoms with E-state index in [1.54, 1.807) is 0 Å². The van der Waals surface area contributed by atoms with Crippen molar-refractivity contribution in [2.24, 2.45) is 0 Å². The Hall–Kier alpha value is -1.36. The van der Waals surface area contributed by atoms with Crippen molar-refractivity contribution < 1.29 is 4.74 Å². The average molecular weight is 238 g/mol. The lowest BCUT2D eigenvalue weighted by Gasteiger charge is -2.11. The molecule has 0 aliphatic carbocycles. The van der Waals surface area contributed by atoms with Crippen LogP contribution in [0.3, 0.4) is 0 Å². The lowest BCUT2D eigenvalue weighted by Crippen LogP contribution is -2.16. The molecule has 0 unspecified atom stereocenters. The minimum atomic E-state index is 0.622. The van der Waals surface area contributed by atoms with E-state index >= 15 is 0 Å². The Morgan fingerprint density at radius 1 is 1.35 bits per heavy atom. The summed E-state index contributed by atoms with van der Waals surface area (Å²) in [4.78, 5) is 10.7. The Bertz CT molecular complexity index is 341. The highest BCUT2D eigenvalue weighted by Gasteiger charge is 2.01. The molecule has 5 nitrogen and oxygen atoms in total. The first-order chi connectivity index (χ1) is 8.11. The zero-order valence-corrected chi connectivity index (χ0v) is 11.2. The van der Waals surface area contributed by atoms with E-state index in [2.05, 4.69) is 34.3 Å². The Morgan fingerprint density at radius 2 is 2.12 bits per heavy atom. The molecule has 1 rings (SSSR count). The van der Waals surface area contributed by atoms with Crippen molar-refractivity contribution in [3.05, 3.63) is 11.9 Å². The molecule has 0 radical (unpaired) electrons. The molecule has 1 aromatic heterocycles. The molecule has 17 heavy (non-hydrogen) atoms. The molecule has 0 aromatic carbocycles. The summed E-state index contributed by atoms with van der Waals surface area (Å²) >= 11 is 0. The molecule has 0 atom stereocenters. The van der Waals surface area contributed by atoms with Gasteiger partial charge in [-0.05, 0) is 40.9 Å². The van der Waals surface area contributed by atoms with Crippen molar-refractivity contribution >= 4 is 5.82 Å². The third kappa shape index (κ3) is 5.49. The van der Waals surface area contributed by atoms with E-state index in [1.165, 1.54) is 0 Å². The van der Waals surface area contributed by atoms with Crippen molar-refractivity contribution in [1.82, 2.24) is 14.9 Å². The highest BCUT2D eigenvalue weighted by Crippen LogP contribution is 2.13. The van der Waals surface area contributed by atoms with Gasteiger partial charge < -0.3 is 15.0 Å². The molecule has 0 fully saturated rings. The van der Waals surface area contributed by atoms with Crippen molar-refractivity contribution in [2.75, 3.05) is 39.1 Å². The first-order valence-corrected chi connectivity index (χ1v) is 5.99. The van der Waals surface area contributed by atoms with E-state index in [9.17, 15) is 0 Å². The van der Waals surface area contributed by atoms with Crippen LogP contribution in [-0.2, 0) is 0 Å². The van der Waals surface area contributed by atoms with Crippen molar-refractivity contribution in [1.29, 1.82) is 0 Å². The summed E-state index contributed by atoms with van der Waals surface area (Å²) < 4.78 is 5.37. The first-order valence-electron chi connectivity index (χ1n) is 5.99. The van der Waals surface area contributed by atoms with E-state index in [0.29, 0.717) is 12.5 Å². The van der Waals surface area contributed by atoms with Crippen LogP contribution in [0.5, 0.6) is 5.88 Å². The average Bonchev–Trinajstić information content (AvgIpc) is 2.24. The van der Waals surface area contributed by atoms with Crippen LogP contribution in [0.2, 0.25) is 0 Å². The summed E-state index contributed by atoms with van der Waals surface area (Å²) in [7, 11) is 4.14. The second-order valence-electron chi connectivity index (χ2n) is 4.16. The van der Waals surface area contributed by atoms with E-state index in [1.807, 2.05) is 19.9 Å². The fraction of sp³-hybridized carbons (Fsp3) is 0.667. The van der Waals surface area contributed by atoms with Crippen LogP contribution in [0.4, 0.5) is 5.82 Å². The largest absolute Gasteiger partial charge is 0.478 e. The Morgan fingerprint density at radius 3 is 2.76 bits per heavy atom. The maximum atomic E-state index is 5.37. The molecule has 0 amide bonds. The normalized spacial score (nSPS) is 10.6. The van der Waals surface area contributed by atoms with Crippen molar-refractivity contribution in [3.8, 4) is 5.88 Å². The van der Waals surface area contributed by atoms with Gasteiger partial charge in [0.05, 0.1) is 6.61 Å². The lowest BCUT2D eigenvalue weighted by molar-refractivity contribution is 0.325. The minimum Gasteiger partial charge on any atom is -0.478 e. The third-order valence-corrected chi connectivity index (χ3v) is 2.19. The van der Waals surface area contributed by atoms with Crippen LogP contribution in [0.25, 0.3) is 0 Å². The summed E-state index contributed by atoms with van der Waals surface area (Å²) in [6.45, 7) is 6.40. The number of aryl methyl sites for hydroxylation is 1. The van der Waals surface area contributed by atoms with Crippen LogP contribution in [0.1, 0.15) is 19.2 Å². The quantitative estimate of drug-likeness (QED) is 0.730. The fourth-order valence-corrected chi connectivity index (χ4v) is 1.46. The predicted molar refractivity (Wildman–Crippen MR) is 69.6 cm³/mol. The van der Waals surface area contributed by atoms with Crippen LogP contribution in [-0.4, -0.2) is 48.7 Å². The number of ether oxygens (including phenoxy) is 1. The van der Waals surface area contributed by atoms with Crippen LogP contribution in [0, 0.1) is 6.92 Å². The summed E-state index contributed by atoms with van der Waals surface area (Å²) in [6.07, 6.45) is 1.08. The molecule has 1 aromatic rings. The summed E-state index contributed by atoms with van der Waals surface area (Å²) in [5.74, 6) is 2.20. The zero-order valence-electron chi connectivity index (χ0n) is 11.2. The van der Waals surface area contributed by atoms with Crippen LogP contribution < -0.4 is 10.1 Å². The Labute approximate surface area is 103 Å². The van der Waals surface area contributed by atoms with Gasteiger partial charge in [0.25, 0.3) is 0 Å². The number of nitrogens with one attached hydrogen (secondary N) is 1. The first kappa shape index (κ1) is 13.7. The van der Waals surface area contributed by atoms with Crippen LogP contribution >= 0.6 is 0 Å². The number of nitrogens with zero attached hydrogens (tertiary/aromatic N) is 3. The molecular weight excluding hydrogens is 216 g/mol. The zero-order chi connectivity index (χ0) is 12.7. The fourth-order valence-electron chi connectivity index (χ4n) is 1.46. The van der Waals surface area contributed by atoms with Gasteiger partial charge >= 0.3 is 0 Å². The Balaban J connectivity index is 2.46. The van der Waals surface area contributed by atoms with Gasteiger partial charge in [0, 0.05) is 12.6 Å². The topological polar surface area (TPSA) is 50.3 Å². The monoisotopic (exact) mass is 238 g/mol. The molecule has 96 valence electrons. The van der Waals surface area contributed by atoms with Crippen LogP contribution in [0.15, 0.2) is 6.07 Å². The van der Waals surface area contributed by atoms with E-state index < -0.39 is 0 Å². The molecule has 0 spiro atoms. The number of aromatic nitrogens is 2. The predicted octanol–water partition coefficient (Wildman–Crippen LogP) is 1.55. The van der Waals surface area contributed by atoms with Gasteiger partial charge in [-0.2, -0.15) is 4.98 Å². The molecule has 0 saturated carbocycles. The van der Waals surface area contributed by atoms with Gasteiger partial charge in [0.15, 0.2) is 0 Å². The molecular formula is C12H22N4O. The molecule has 0 aliphatic heterocycles. The maximum absolute atomic E-state index is 5.37. The Kier molecular flexibility index (Phi) is 5.69. The molecule has 1 heterocycles. The smallest absolute Gasteiger partial charge is 0.218 e. The third-order valence-electron chi connectivity index (χ3n) is 2.19. The van der Waals surface area contributed by atoms with E-state index in [-0.39, 0.29) is 0 Å². The minimum absolute atomic E-state index is 0.622. The molecule has 5 heteroatoms. The number of rotatable bonds is 7. The van der Waals surface area contributed by atoms with Crippen molar-refractivity contribution in [3.63, 3.8) is 0 Å². The summed E-state index contributed by atoms with van der Waals surface area (Å²) in [5, 5.41) is 3.28. The highest BCUT2D eigenvalue weighted by atomic mass is 16.5. The van der Waals surface area contributed by atoms with Gasteiger partial charge in [0.2, 0.25) is 5.88 Å². The SMILES string of the molecule is CCOc1cc(NCCCN(C)C)nc(C)n1. The van der Waals surface area contributed by atoms with Gasteiger partial charge in [-0.1, -0.05) is 0 Å². The second-order valence-corrected chi connectivity index (χ2v) is 4.16. The standard InChI is InChI=1S/C12H22N4O/c1-5-17-12-9-11(14-10(2)15-12)13-7-6-8-16(3)4/h9H,5-8H2,1-4H3,(H,13,14,15). The molecule has 0 aliphatic rings. The van der Waals surface area contributed by atoms with Gasteiger partial charge in [0.1, 0.15) is 11.6 Å². The van der Waals surface area contributed by atoms with E-state index in [4.69, 9.17) is 4.74 Å². The molecule has 1 N–H and O–H groups in total. The van der Waals surface area contributed by atoms with Gasteiger partial charge in [-0.3, -0.25) is 0 Å². The van der Waals surface area contributed by atoms with Gasteiger partial charge in [-0.25, -0.2) is 4.98 Å². The molecule has 0 bridgehead atoms. The van der Waals surface area contributed by atoms with Gasteiger partial charge in [-0.15, -0.1) is 0 Å². The highest BCUT2D eigenvalue weighted by molar-refractivity contribution is 5.38.